The molecule has 3 nitrogen and oxygen atoms in total. The largest absolute Gasteiger partial charge is 0.317 e. The fourth-order valence-electron chi connectivity index (χ4n) is 3.53. The van der Waals surface area contributed by atoms with Gasteiger partial charge in [0, 0.05) is 18.7 Å². The summed E-state index contributed by atoms with van der Waals surface area (Å²) < 4.78 is 0. The predicted octanol–water partition coefficient (Wildman–Crippen LogP) is 4.02. The first-order valence-electron chi connectivity index (χ1n) is 8.89. The van der Waals surface area contributed by atoms with Crippen molar-refractivity contribution in [1.82, 2.24) is 5.32 Å². The van der Waals surface area contributed by atoms with Crippen molar-refractivity contribution in [3.05, 3.63) is 30.3 Å². The molecule has 2 aliphatic rings. The summed E-state index contributed by atoms with van der Waals surface area (Å²) in [6.45, 7) is 3.14. The monoisotopic (exact) mass is 336 g/mol. The summed E-state index contributed by atoms with van der Waals surface area (Å²) in [6.07, 6.45) is 8.09. The Morgan fingerprint density at radius 3 is 2.35 bits per heavy atom. The highest BCUT2D eigenvalue weighted by molar-refractivity contribution is 5.93. The average Bonchev–Trinajstić information content (AvgIpc) is 2.53. The molecule has 1 aliphatic carbocycles. The maximum atomic E-state index is 12.8. The Kier molecular flexibility index (Phi) is 7.38. The number of hydrogen-bond donors (Lipinski definition) is 1. The second kappa shape index (κ2) is 9.29. The van der Waals surface area contributed by atoms with E-state index in [0.717, 1.165) is 37.7 Å². The van der Waals surface area contributed by atoms with Crippen LogP contribution in [0.4, 0.5) is 5.69 Å². The van der Waals surface area contributed by atoms with Crippen LogP contribution in [0.2, 0.25) is 0 Å². The lowest BCUT2D eigenvalue weighted by atomic mass is 9.85. The van der Waals surface area contributed by atoms with Crippen molar-refractivity contribution < 1.29 is 4.79 Å². The molecule has 0 aromatic heterocycles. The number of para-hydroxylation sites is 1. The average molecular weight is 337 g/mol. The highest BCUT2D eigenvalue weighted by Gasteiger charge is 2.25. The second-order valence-electron chi connectivity index (χ2n) is 6.87. The van der Waals surface area contributed by atoms with Gasteiger partial charge in [-0.15, -0.1) is 12.4 Å². The molecule has 23 heavy (non-hydrogen) atoms. The third kappa shape index (κ3) is 5.22. The van der Waals surface area contributed by atoms with Crippen LogP contribution < -0.4 is 10.2 Å². The molecule has 1 N–H and O–H groups in total. The minimum atomic E-state index is 0. The maximum absolute atomic E-state index is 12.8. The lowest BCUT2D eigenvalue weighted by Crippen LogP contribution is -2.38. The second-order valence-corrected chi connectivity index (χ2v) is 6.87. The Morgan fingerprint density at radius 1 is 1.04 bits per heavy atom. The summed E-state index contributed by atoms with van der Waals surface area (Å²) in [5.74, 6) is 1.76. The van der Waals surface area contributed by atoms with Gasteiger partial charge in [0.2, 0.25) is 5.91 Å². The molecule has 3 rings (SSSR count). The number of halogens is 1. The molecule has 0 spiro atoms. The molecule has 1 aliphatic heterocycles. The van der Waals surface area contributed by atoms with Crippen molar-refractivity contribution in [2.24, 2.45) is 11.8 Å². The van der Waals surface area contributed by atoms with Crippen LogP contribution in [0.1, 0.15) is 44.9 Å². The maximum Gasteiger partial charge on any atom is 0.226 e. The molecule has 0 atom stereocenters. The van der Waals surface area contributed by atoms with Crippen LogP contribution in [0.15, 0.2) is 30.3 Å². The summed E-state index contributed by atoms with van der Waals surface area (Å²) in [5.41, 5.74) is 1.07. The zero-order chi connectivity index (χ0) is 15.2. The molecule has 0 bridgehead atoms. The van der Waals surface area contributed by atoms with E-state index in [1.165, 1.54) is 32.1 Å². The molecule has 1 heterocycles. The van der Waals surface area contributed by atoms with Gasteiger partial charge >= 0.3 is 0 Å². The van der Waals surface area contributed by atoms with Gasteiger partial charge in [-0.3, -0.25) is 4.79 Å². The molecular weight excluding hydrogens is 308 g/mol. The number of nitrogens with zero attached hydrogens (tertiary/aromatic N) is 1. The molecule has 1 saturated carbocycles. The summed E-state index contributed by atoms with van der Waals surface area (Å²) in [6, 6.07) is 10.2. The summed E-state index contributed by atoms with van der Waals surface area (Å²) in [4.78, 5) is 14.8. The van der Waals surface area contributed by atoms with E-state index in [-0.39, 0.29) is 12.4 Å². The highest BCUT2D eigenvalue weighted by atomic mass is 35.5. The van der Waals surface area contributed by atoms with Gasteiger partial charge in [-0.2, -0.15) is 0 Å². The first-order chi connectivity index (χ1) is 10.8. The van der Waals surface area contributed by atoms with E-state index < -0.39 is 0 Å². The predicted molar refractivity (Wildman–Crippen MR) is 98.2 cm³/mol. The van der Waals surface area contributed by atoms with Crippen molar-refractivity contribution in [1.29, 1.82) is 0 Å². The Hall–Kier alpha value is -1.06. The third-order valence-electron chi connectivity index (χ3n) is 5.26. The van der Waals surface area contributed by atoms with Crippen molar-refractivity contribution in [2.75, 3.05) is 24.5 Å². The summed E-state index contributed by atoms with van der Waals surface area (Å²) in [5, 5.41) is 3.40. The van der Waals surface area contributed by atoms with Crippen LogP contribution in [-0.2, 0) is 4.79 Å². The van der Waals surface area contributed by atoms with Gasteiger partial charge in [0.1, 0.15) is 0 Å². The third-order valence-corrected chi connectivity index (χ3v) is 5.26. The van der Waals surface area contributed by atoms with Crippen LogP contribution in [0.3, 0.4) is 0 Å². The van der Waals surface area contributed by atoms with Gasteiger partial charge in [-0.05, 0) is 69.2 Å². The van der Waals surface area contributed by atoms with Crippen LogP contribution in [0.5, 0.6) is 0 Å². The molecular formula is C19H29ClN2O. The molecule has 1 aromatic carbocycles. The van der Waals surface area contributed by atoms with Crippen LogP contribution >= 0.6 is 12.4 Å². The first kappa shape index (κ1) is 18.3. The Morgan fingerprint density at radius 2 is 1.74 bits per heavy atom. The molecule has 128 valence electrons. The number of piperidine rings is 1. The number of benzene rings is 1. The van der Waals surface area contributed by atoms with Gasteiger partial charge < -0.3 is 10.2 Å². The molecule has 2 fully saturated rings. The fraction of sp³-hybridized carbons (Fsp3) is 0.632. The van der Waals surface area contributed by atoms with E-state index in [1.807, 2.05) is 23.1 Å². The van der Waals surface area contributed by atoms with E-state index in [0.29, 0.717) is 18.2 Å². The standard InChI is InChI=1S/C19H28N2O.ClH/c22-19(10-9-16-11-13-20-14-12-16)21(15-17-5-4-6-17)18-7-2-1-3-8-18;/h1-3,7-8,16-17,20H,4-6,9-15H2;1H. The van der Waals surface area contributed by atoms with Crippen LogP contribution in [-0.4, -0.2) is 25.5 Å². The van der Waals surface area contributed by atoms with Gasteiger partial charge in [0.25, 0.3) is 0 Å². The van der Waals surface area contributed by atoms with E-state index in [9.17, 15) is 4.79 Å². The van der Waals surface area contributed by atoms with Gasteiger partial charge in [-0.25, -0.2) is 0 Å². The number of carbonyl (C=O) groups excluding carboxylic acids is 1. The van der Waals surface area contributed by atoms with Gasteiger partial charge in [0.15, 0.2) is 0 Å². The Balaban J connectivity index is 0.00000192. The smallest absolute Gasteiger partial charge is 0.226 e. The quantitative estimate of drug-likeness (QED) is 0.850. The molecule has 0 radical (unpaired) electrons. The molecule has 1 saturated heterocycles. The van der Waals surface area contributed by atoms with Crippen molar-refractivity contribution in [3.8, 4) is 0 Å². The van der Waals surface area contributed by atoms with Gasteiger partial charge in [-0.1, -0.05) is 24.6 Å². The lowest BCUT2D eigenvalue weighted by molar-refractivity contribution is -0.119. The van der Waals surface area contributed by atoms with Gasteiger partial charge in [0.05, 0.1) is 0 Å². The number of rotatable bonds is 6. The number of hydrogen-bond acceptors (Lipinski definition) is 2. The molecule has 1 aromatic rings. The fourth-order valence-corrected chi connectivity index (χ4v) is 3.53. The molecule has 1 amide bonds. The van der Waals surface area contributed by atoms with E-state index in [1.54, 1.807) is 0 Å². The summed E-state index contributed by atoms with van der Waals surface area (Å²) >= 11 is 0. The minimum absolute atomic E-state index is 0. The highest BCUT2D eigenvalue weighted by Crippen LogP contribution is 2.29. The van der Waals surface area contributed by atoms with Crippen molar-refractivity contribution in [2.45, 2.75) is 44.9 Å². The topological polar surface area (TPSA) is 32.3 Å². The lowest BCUT2D eigenvalue weighted by Gasteiger charge is -2.33. The normalized spacial score (nSPS) is 18.8. The van der Waals surface area contributed by atoms with Crippen LogP contribution in [0, 0.1) is 11.8 Å². The number of nitrogens with one attached hydrogen (secondary N) is 1. The summed E-state index contributed by atoms with van der Waals surface area (Å²) in [7, 11) is 0. The number of amides is 1. The molecule has 0 unspecified atom stereocenters. The number of carbonyl (C=O) groups is 1. The minimum Gasteiger partial charge on any atom is -0.317 e. The van der Waals surface area contributed by atoms with Crippen molar-refractivity contribution >= 4 is 24.0 Å². The zero-order valence-corrected chi connectivity index (χ0v) is 14.7. The number of anilines is 1. The zero-order valence-electron chi connectivity index (χ0n) is 13.9. The van der Waals surface area contributed by atoms with E-state index >= 15 is 0 Å². The van der Waals surface area contributed by atoms with E-state index in [2.05, 4.69) is 17.4 Å². The van der Waals surface area contributed by atoms with Crippen LogP contribution in [0.25, 0.3) is 0 Å². The Labute approximate surface area is 146 Å². The first-order valence-corrected chi connectivity index (χ1v) is 8.89. The Bertz CT molecular complexity index is 470. The van der Waals surface area contributed by atoms with Crippen molar-refractivity contribution in [3.63, 3.8) is 0 Å². The van der Waals surface area contributed by atoms with E-state index in [4.69, 9.17) is 0 Å². The molecule has 4 heteroatoms. The SMILES string of the molecule is Cl.O=C(CCC1CCNCC1)N(CC1CCC1)c1ccccc1.